The topological polar surface area (TPSA) is 93.1 Å². The Morgan fingerprint density at radius 2 is 1.22 bits per heavy atom. The van der Waals surface area contributed by atoms with Crippen molar-refractivity contribution in [1.82, 2.24) is 0 Å². The van der Waals surface area contributed by atoms with Crippen LogP contribution in [0.4, 0.5) is 0 Å². The average Bonchev–Trinajstić information content (AvgIpc) is 3.67. The second-order valence-corrected chi connectivity index (χ2v) is 9.84. The van der Waals surface area contributed by atoms with Crippen LogP contribution in [0, 0.1) is 5.92 Å². The molecule has 0 heterocycles. The van der Waals surface area contributed by atoms with Crippen molar-refractivity contribution in [3.8, 4) is 0 Å². The Morgan fingerprint density at radius 1 is 0.750 bits per heavy atom. The van der Waals surface area contributed by atoms with Crippen LogP contribution in [0.25, 0.3) is 0 Å². The zero-order valence-electron chi connectivity index (χ0n) is 21.3. The Kier molecular flexibility index (Phi) is 10.6. The fourth-order valence-electron chi connectivity index (χ4n) is 5.10. The van der Waals surface area contributed by atoms with Crippen LogP contribution in [-0.4, -0.2) is 28.4 Å². The molecule has 0 aromatic rings. The normalized spacial score (nSPS) is 18.7. The first-order chi connectivity index (χ1) is 17.3. The smallest absolute Gasteiger partial charge is 0.331 e. The van der Waals surface area contributed by atoms with Crippen LogP contribution in [0.15, 0.2) is 71.3 Å². The molecule has 6 heteroatoms. The highest BCUT2D eigenvalue weighted by Gasteiger charge is 2.28. The summed E-state index contributed by atoms with van der Waals surface area (Å²) in [6, 6.07) is 0. The van der Waals surface area contributed by atoms with Gasteiger partial charge in [0.25, 0.3) is 0 Å². The molecule has 2 N–H and O–H groups in total. The molecule has 196 valence electrons. The molecule has 0 aromatic heterocycles. The van der Waals surface area contributed by atoms with Gasteiger partial charge in [0.15, 0.2) is 0 Å². The van der Waals surface area contributed by atoms with Gasteiger partial charge in [-0.3, -0.25) is 0 Å². The summed E-state index contributed by atoms with van der Waals surface area (Å²) >= 11 is 0. The number of carboxylic acid groups (broad SMARTS) is 2. The zero-order valence-corrected chi connectivity index (χ0v) is 21.3. The molecule has 0 atom stereocenters. The van der Waals surface area contributed by atoms with E-state index >= 15 is 0 Å². The molecular formula is C30H40O6. The van der Waals surface area contributed by atoms with Crippen molar-refractivity contribution in [3.63, 3.8) is 0 Å². The predicted molar refractivity (Wildman–Crippen MR) is 140 cm³/mol. The fraction of sp³-hybridized carbons (Fsp3) is 0.533. The molecule has 0 bridgehead atoms. The van der Waals surface area contributed by atoms with E-state index in [-0.39, 0.29) is 11.5 Å². The molecule has 0 unspecified atom stereocenters. The zero-order chi connectivity index (χ0) is 25.9. The van der Waals surface area contributed by atoms with E-state index in [0.717, 1.165) is 88.6 Å². The first-order valence-corrected chi connectivity index (χ1v) is 13.3. The number of hydrogen-bond acceptors (Lipinski definition) is 4. The molecule has 0 saturated carbocycles. The van der Waals surface area contributed by atoms with Gasteiger partial charge in [0, 0.05) is 36.3 Å². The number of hydrogen-bond donors (Lipinski definition) is 2. The Morgan fingerprint density at radius 3 is 1.58 bits per heavy atom. The molecule has 0 aliphatic heterocycles. The van der Waals surface area contributed by atoms with Crippen LogP contribution < -0.4 is 0 Å². The van der Waals surface area contributed by atoms with E-state index in [2.05, 4.69) is 37.5 Å². The lowest BCUT2D eigenvalue weighted by molar-refractivity contribution is -0.134. The van der Waals surface area contributed by atoms with Gasteiger partial charge in [0.1, 0.15) is 0 Å². The van der Waals surface area contributed by atoms with E-state index in [1.54, 1.807) is 0 Å². The maximum Gasteiger partial charge on any atom is 0.331 e. The van der Waals surface area contributed by atoms with E-state index in [1.807, 2.05) is 0 Å². The Balaban J connectivity index is 0.000000205. The molecule has 4 aliphatic carbocycles. The van der Waals surface area contributed by atoms with Crippen LogP contribution in [-0.2, 0) is 19.1 Å². The summed E-state index contributed by atoms with van der Waals surface area (Å²) in [5.41, 5.74) is 3.10. The summed E-state index contributed by atoms with van der Waals surface area (Å²) in [6.45, 7) is 7.31. The monoisotopic (exact) mass is 496 g/mol. The quantitative estimate of drug-likeness (QED) is 0.166. The van der Waals surface area contributed by atoms with Gasteiger partial charge in [-0.05, 0) is 82.8 Å². The van der Waals surface area contributed by atoms with Crippen LogP contribution >= 0.6 is 0 Å². The maximum absolute atomic E-state index is 11.1. The van der Waals surface area contributed by atoms with E-state index in [9.17, 15) is 9.59 Å². The third-order valence-electron chi connectivity index (χ3n) is 7.07. The van der Waals surface area contributed by atoms with Gasteiger partial charge in [-0.2, -0.15) is 0 Å². The number of carbonyl (C=O) groups is 2. The summed E-state index contributed by atoms with van der Waals surface area (Å²) in [5.74, 6) is 0.112. The molecule has 4 aliphatic rings. The highest BCUT2D eigenvalue weighted by atomic mass is 16.7. The molecule has 0 saturated heterocycles. The average molecular weight is 497 g/mol. The van der Waals surface area contributed by atoms with Gasteiger partial charge < -0.3 is 19.7 Å². The van der Waals surface area contributed by atoms with Crippen LogP contribution in [0.1, 0.15) is 89.9 Å². The summed E-state index contributed by atoms with van der Waals surface area (Å²) < 4.78 is 11.7. The lowest BCUT2D eigenvalue weighted by Gasteiger charge is -2.22. The first kappa shape index (κ1) is 27.6. The van der Waals surface area contributed by atoms with E-state index in [0.29, 0.717) is 18.4 Å². The lowest BCUT2D eigenvalue weighted by atomic mass is 9.84. The highest BCUT2D eigenvalue weighted by Crippen LogP contribution is 2.39. The van der Waals surface area contributed by atoms with Crippen molar-refractivity contribution >= 4 is 11.9 Å². The molecule has 0 amide bonds. The van der Waals surface area contributed by atoms with Gasteiger partial charge in [0.05, 0.1) is 11.5 Å². The van der Waals surface area contributed by atoms with E-state index < -0.39 is 18.2 Å². The third kappa shape index (κ3) is 8.28. The molecule has 6 nitrogen and oxygen atoms in total. The van der Waals surface area contributed by atoms with Gasteiger partial charge in [-0.15, -0.1) is 0 Å². The van der Waals surface area contributed by atoms with Gasteiger partial charge in [-0.25, -0.2) is 9.59 Å². The third-order valence-corrected chi connectivity index (χ3v) is 7.07. The van der Waals surface area contributed by atoms with Crippen molar-refractivity contribution in [2.45, 2.75) is 96.2 Å². The number of carboxylic acids is 2. The Bertz CT molecular complexity index is 911. The van der Waals surface area contributed by atoms with Gasteiger partial charge in [0.2, 0.25) is 6.29 Å². The van der Waals surface area contributed by atoms with Gasteiger partial charge >= 0.3 is 11.9 Å². The summed E-state index contributed by atoms with van der Waals surface area (Å²) in [6.07, 6.45) is 21.9. The minimum absolute atomic E-state index is 0.0116. The van der Waals surface area contributed by atoms with Crippen molar-refractivity contribution in [2.75, 3.05) is 0 Å². The van der Waals surface area contributed by atoms with Crippen molar-refractivity contribution in [1.29, 1.82) is 0 Å². The van der Waals surface area contributed by atoms with Crippen LogP contribution in [0.3, 0.4) is 0 Å². The second kappa shape index (κ2) is 13.9. The molecule has 0 radical (unpaired) electrons. The Labute approximate surface area is 214 Å². The number of ether oxygens (including phenoxy) is 2. The number of rotatable bonds is 12. The standard InChI is InChI=1S/C16H22O4.C14H18O2/c1-12(16(17)18)10-11-15(19-13-6-2-3-7-13)20-14-8-4-5-9-14;1-10(14(15)16)13(11-6-2-3-7-11)12-8-4-5-9-12/h6,8,15H,1-5,7,9-11H2,(H,17,18);6,8,13H,1-5,7,9H2,(H,15,16). The van der Waals surface area contributed by atoms with Crippen molar-refractivity contribution in [2.24, 2.45) is 5.92 Å². The maximum atomic E-state index is 11.1. The second-order valence-electron chi connectivity index (χ2n) is 9.84. The summed E-state index contributed by atoms with van der Waals surface area (Å²) in [7, 11) is 0. The molecule has 0 aromatic carbocycles. The molecule has 0 spiro atoms. The summed E-state index contributed by atoms with van der Waals surface area (Å²) in [5, 5.41) is 18.0. The van der Waals surface area contributed by atoms with Gasteiger partial charge in [-0.1, -0.05) is 36.5 Å². The van der Waals surface area contributed by atoms with E-state index in [4.69, 9.17) is 19.7 Å². The fourth-order valence-corrected chi connectivity index (χ4v) is 5.10. The lowest BCUT2D eigenvalue weighted by Crippen LogP contribution is -2.17. The minimum Gasteiger partial charge on any atom is -0.478 e. The molecule has 0 fully saturated rings. The van der Waals surface area contributed by atoms with E-state index in [1.165, 1.54) is 11.1 Å². The van der Waals surface area contributed by atoms with Crippen molar-refractivity contribution < 1.29 is 29.3 Å². The largest absolute Gasteiger partial charge is 0.478 e. The minimum atomic E-state index is -0.955. The SMILES string of the molecule is C=C(C(=O)O)C(C1=CCCC1)C1=CCCC1.C=C(CCC(OC1=CCCC1)OC1=CCCC1)C(=O)O. The molecular weight excluding hydrogens is 456 g/mol. The number of allylic oxidation sites excluding steroid dienone is 8. The predicted octanol–water partition coefficient (Wildman–Crippen LogP) is 7.37. The Hall–Kier alpha value is -3.02. The van der Waals surface area contributed by atoms with Crippen LogP contribution in [0.5, 0.6) is 0 Å². The molecule has 4 rings (SSSR count). The first-order valence-electron chi connectivity index (χ1n) is 13.3. The highest BCUT2D eigenvalue weighted by molar-refractivity contribution is 5.88. The molecule has 36 heavy (non-hydrogen) atoms. The van der Waals surface area contributed by atoms with Crippen molar-refractivity contribution in [3.05, 3.63) is 71.3 Å². The van der Waals surface area contributed by atoms with Crippen LogP contribution in [0.2, 0.25) is 0 Å². The number of aliphatic carboxylic acids is 2. The summed E-state index contributed by atoms with van der Waals surface area (Å²) in [4.78, 5) is 21.9.